The molecule has 2 nitrogen and oxygen atoms in total. The maximum absolute atomic E-state index is 9.11. The van der Waals surface area contributed by atoms with E-state index in [1.165, 1.54) is 0 Å². The lowest BCUT2D eigenvalue weighted by Gasteiger charge is -2.07. The molecular formula is C12H8Cl3NO. The summed E-state index contributed by atoms with van der Waals surface area (Å²) < 4.78 is 0. The number of hydrogen-bond acceptors (Lipinski definition) is 2. The summed E-state index contributed by atoms with van der Waals surface area (Å²) in [7, 11) is 0. The van der Waals surface area contributed by atoms with Crippen LogP contribution < -0.4 is 0 Å². The maximum atomic E-state index is 9.11. The summed E-state index contributed by atoms with van der Waals surface area (Å²) in [6.45, 7) is -0.104. The van der Waals surface area contributed by atoms with Crippen molar-refractivity contribution in [2.75, 3.05) is 0 Å². The minimum atomic E-state index is -0.104. The minimum Gasteiger partial charge on any atom is -0.392 e. The molecule has 0 saturated heterocycles. The van der Waals surface area contributed by atoms with Gasteiger partial charge in [0.2, 0.25) is 0 Å². The van der Waals surface area contributed by atoms with E-state index in [0.717, 1.165) is 0 Å². The summed E-state index contributed by atoms with van der Waals surface area (Å²) in [5.74, 6) is 0. The van der Waals surface area contributed by atoms with Crippen LogP contribution in [0, 0.1) is 0 Å². The van der Waals surface area contributed by atoms with Gasteiger partial charge >= 0.3 is 0 Å². The standard InChI is InChI=1S/C12H8Cl3NO/c13-9-3-1-2-8(12(9)15)10-4-7(6-17)5-11(14)16-10/h1-5,17H,6H2. The fourth-order valence-electron chi connectivity index (χ4n) is 1.48. The number of aliphatic hydroxyl groups excluding tert-OH is 1. The van der Waals surface area contributed by atoms with E-state index in [2.05, 4.69) is 4.98 Å². The zero-order valence-electron chi connectivity index (χ0n) is 8.62. The molecular weight excluding hydrogens is 280 g/mol. The molecule has 88 valence electrons. The molecule has 0 atom stereocenters. The second-order valence-electron chi connectivity index (χ2n) is 3.44. The van der Waals surface area contributed by atoms with Gasteiger partial charge in [0.15, 0.2) is 0 Å². The number of aliphatic hydroxyl groups is 1. The fourth-order valence-corrected chi connectivity index (χ4v) is 2.11. The van der Waals surface area contributed by atoms with Gasteiger partial charge in [0.05, 0.1) is 22.3 Å². The zero-order valence-corrected chi connectivity index (χ0v) is 10.9. The largest absolute Gasteiger partial charge is 0.392 e. The van der Waals surface area contributed by atoms with Crippen LogP contribution in [0.5, 0.6) is 0 Å². The van der Waals surface area contributed by atoms with Crippen molar-refractivity contribution >= 4 is 34.8 Å². The molecule has 1 aromatic carbocycles. The Morgan fingerprint density at radius 1 is 1.12 bits per heavy atom. The minimum absolute atomic E-state index is 0.104. The van der Waals surface area contributed by atoms with E-state index in [9.17, 15) is 0 Å². The molecule has 1 aromatic heterocycles. The number of aromatic nitrogens is 1. The van der Waals surface area contributed by atoms with Crippen LogP contribution in [-0.4, -0.2) is 10.1 Å². The highest BCUT2D eigenvalue weighted by Gasteiger charge is 2.09. The first-order valence-corrected chi connectivity index (χ1v) is 5.97. The van der Waals surface area contributed by atoms with Crippen LogP contribution >= 0.6 is 34.8 Å². The summed E-state index contributed by atoms with van der Waals surface area (Å²) >= 11 is 17.9. The van der Waals surface area contributed by atoms with E-state index in [0.29, 0.717) is 32.0 Å². The number of rotatable bonds is 2. The Hall–Kier alpha value is -0.800. The van der Waals surface area contributed by atoms with Crippen molar-refractivity contribution in [2.45, 2.75) is 6.61 Å². The SMILES string of the molecule is OCc1cc(Cl)nc(-c2cccc(Cl)c2Cl)c1. The first-order chi connectivity index (χ1) is 8.11. The van der Waals surface area contributed by atoms with Gasteiger partial charge < -0.3 is 5.11 Å². The Bertz CT molecular complexity index is 557. The third-order valence-electron chi connectivity index (χ3n) is 2.26. The van der Waals surface area contributed by atoms with Crippen LogP contribution in [0.15, 0.2) is 30.3 Å². The van der Waals surface area contributed by atoms with Crippen molar-refractivity contribution in [1.29, 1.82) is 0 Å². The van der Waals surface area contributed by atoms with Crippen molar-refractivity contribution in [2.24, 2.45) is 0 Å². The van der Waals surface area contributed by atoms with Crippen molar-refractivity contribution < 1.29 is 5.11 Å². The topological polar surface area (TPSA) is 33.1 Å². The van der Waals surface area contributed by atoms with Crippen LogP contribution in [0.1, 0.15) is 5.56 Å². The summed E-state index contributed by atoms with van der Waals surface area (Å²) in [5.41, 5.74) is 1.96. The van der Waals surface area contributed by atoms with E-state index in [4.69, 9.17) is 39.9 Å². The van der Waals surface area contributed by atoms with Crippen molar-refractivity contribution in [3.8, 4) is 11.3 Å². The normalized spacial score (nSPS) is 10.6. The summed E-state index contributed by atoms with van der Waals surface area (Å²) in [6.07, 6.45) is 0. The number of hydrogen-bond donors (Lipinski definition) is 1. The molecule has 0 spiro atoms. The second kappa shape index (κ2) is 5.23. The van der Waals surface area contributed by atoms with Gasteiger partial charge in [-0.3, -0.25) is 0 Å². The summed E-state index contributed by atoms with van der Waals surface area (Å²) in [4.78, 5) is 4.17. The lowest BCUT2D eigenvalue weighted by atomic mass is 10.1. The van der Waals surface area contributed by atoms with Gasteiger partial charge in [0.25, 0.3) is 0 Å². The summed E-state index contributed by atoms with van der Waals surface area (Å²) in [6, 6.07) is 8.61. The number of halogens is 3. The van der Waals surface area contributed by atoms with Crippen LogP contribution in [0.2, 0.25) is 15.2 Å². The maximum Gasteiger partial charge on any atom is 0.130 e. The lowest BCUT2D eigenvalue weighted by molar-refractivity contribution is 0.282. The quantitative estimate of drug-likeness (QED) is 0.840. The molecule has 17 heavy (non-hydrogen) atoms. The van der Waals surface area contributed by atoms with Gasteiger partial charge in [-0.25, -0.2) is 4.98 Å². The van der Waals surface area contributed by atoms with Gasteiger partial charge in [0, 0.05) is 5.56 Å². The average Bonchev–Trinajstić information content (AvgIpc) is 2.31. The van der Waals surface area contributed by atoms with Crippen LogP contribution in [0.3, 0.4) is 0 Å². The molecule has 2 aromatic rings. The number of pyridine rings is 1. The Morgan fingerprint density at radius 3 is 2.59 bits per heavy atom. The zero-order chi connectivity index (χ0) is 12.4. The van der Waals surface area contributed by atoms with E-state index in [-0.39, 0.29) is 6.61 Å². The predicted molar refractivity (Wildman–Crippen MR) is 70.6 cm³/mol. The molecule has 1 N–H and O–H groups in total. The molecule has 0 aliphatic rings. The Morgan fingerprint density at radius 2 is 1.88 bits per heavy atom. The first kappa shape index (κ1) is 12.7. The third-order valence-corrected chi connectivity index (χ3v) is 3.28. The summed E-state index contributed by atoms with van der Waals surface area (Å²) in [5, 5.41) is 10.3. The average molecular weight is 289 g/mol. The lowest BCUT2D eigenvalue weighted by Crippen LogP contribution is -1.91. The fraction of sp³-hybridized carbons (Fsp3) is 0.0833. The van der Waals surface area contributed by atoms with E-state index < -0.39 is 0 Å². The molecule has 0 unspecified atom stereocenters. The number of nitrogens with zero attached hydrogens (tertiary/aromatic N) is 1. The molecule has 0 saturated carbocycles. The highest BCUT2D eigenvalue weighted by Crippen LogP contribution is 2.33. The first-order valence-electron chi connectivity index (χ1n) is 4.83. The van der Waals surface area contributed by atoms with Crippen LogP contribution in [0.4, 0.5) is 0 Å². The Balaban J connectivity index is 2.60. The number of benzene rings is 1. The second-order valence-corrected chi connectivity index (χ2v) is 4.62. The third kappa shape index (κ3) is 2.72. The molecule has 5 heteroatoms. The molecule has 0 aliphatic carbocycles. The Labute approximate surface area is 114 Å². The molecule has 2 rings (SSSR count). The highest BCUT2D eigenvalue weighted by atomic mass is 35.5. The van der Waals surface area contributed by atoms with E-state index in [1.54, 1.807) is 30.3 Å². The smallest absolute Gasteiger partial charge is 0.130 e. The van der Waals surface area contributed by atoms with Gasteiger partial charge in [-0.1, -0.05) is 46.9 Å². The molecule has 0 aliphatic heterocycles. The van der Waals surface area contributed by atoms with E-state index >= 15 is 0 Å². The van der Waals surface area contributed by atoms with Crippen LogP contribution in [0.25, 0.3) is 11.3 Å². The molecule has 1 heterocycles. The van der Waals surface area contributed by atoms with Gasteiger partial charge in [-0.15, -0.1) is 0 Å². The Kier molecular flexibility index (Phi) is 3.89. The molecule has 0 fully saturated rings. The van der Waals surface area contributed by atoms with Crippen molar-refractivity contribution in [3.63, 3.8) is 0 Å². The van der Waals surface area contributed by atoms with Gasteiger partial charge in [0.1, 0.15) is 5.15 Å². The predicted octanol–water partition coefficient (Wildman–Crippen LogP) is 4.20. The monoisotopic (exact) mass is 287 g/mol. The van der Waals surface area contributed by atoms with E-state index in [1.807, 2.05) is 0 Å². The molecule has 0 amide bonds. The highest BCUT2D eigenvalue weighted by molar-refractivity contribution is 6.43. The van der Waals surface area contributed by atoms with Gasteiger partial charge in [-0.2, -0.15) is 0 Å². The van der Waals surface area contributed by atoms with Gasteiger partial charge in [-0.05, 0) is 23.8 Å². The van der Waals surface area contributed by atoms with Crippen molar-refractivity contribution in [3.05, 3.63) is 51.1 Å². The molecule has 0 radical (unpaired) electrons. The van der Waals surface area contributed by atoms with Crippen LogP contribution in [-0.2, 0) is 6.61 Å². The molecule has 0 bridgehead atoms. The van der Waals surface area contributed by atoms with Crippen molar-refractivity contribution in [1.82, 2.24) is 4.98 Å².